The molecule has 0 spiro atoms. The molecule has 0 bridgehead atoms. The zero-order valence-electron chi connectivity index (χ0n) is 16.5. The van der Waals surface area contributed by atoms with E-state index in [0.717, 1.165) is 45.3 Å². The van der Waals surface area contributed by atoms with Crippen molar-refractivity contribution in [2.45, 2.75) is 39.5 Å². The third-order valence-corrected chi connectivity index (χ3v) is 6.28. The molecule has 27 heavy (non-hydrogen) atoms. The number of carbonyl (C=O) groups excluding carboxylic acids is 1. The molecule has 0 amide bonds. The molecule has 2 aliphatic rings. The van der Waals surface area contributed by atoms with E-state index in [4.69, 9.17) is 0 Å². The number of nitrogens with zero attached hydrogens (tertiary/aromatic N) is 1. The van der Waals surface area contributed by atoms with Gasteiger partial charge in [-0.15, -0.1) is 0 Å². The van der Waals surface area contributed by atoms with E-state index in [-0.39, 0.29) is 5.92 Å². The van der Waals surface area contributed by atoms with Crippen LogP contribution < -0.4 is 0 Å². The Morgan fingerprint density at radius 1 is 0.889 bits per heavy atom. The van der Waals surface area contributed by atoms with Crippen LogP contribution in [0.15, 0.2) is 54.1 Å². The fourth-order valence-electron chi connectivity index (χ4n) is 4.53. The summed E-state index contributed by atoms with van der Waals surface area (Å²) in [7, 11) is 0. The Hall–Kier alpha value is -2.19. The highest BCUT2D eigenvalue weighted by Crippen LogP contribution is 2.38. The van der Waals surface area contributed by atoms with Crippen molar-refractivity contribution in [3.05, 3.63) is 76.4 Å². The molecule has 1 fully saturated rings. The lowest BCUT2D eigenvalue weighted by Crippen LogP contribution is -2.36. The Bertz CT molecular complexity index is 820. The van der Waals surface area contributed by atoms with E-state index in [0.29, 0.717) is 5.78 Å². The number of aryl methyl sites for hydroxylation is 2. The van der Waals surface area contributed by atoms with E-state index >= 15 is 0 Å². The summed E-state index contributed by atoms with van der Waals surface area (Å²) < 4.78 is 0. The third kappa shape index (κ3) is 3.77. The molecule has 2 nitrogen and oxygen atoms in total. The molecule has 1 aliphatic carbocycles. The van der Waals surface area contributed by atoms with Crippen LogP contribution in [-0.2, 0) is 17.6 Å². The number of hydrogen-bond acceptors (Lipinski definition) is 2. The molecule has 1 atom stereocenters. The molecule has 0 radical (unpaired) electrons. The van der Waals surface area contributed by atoms with Gasteiger partial charge >= 0.3 is 0 Å². The predicted octanol–water partition coefficient (Wildman–Crippen LogP) is 4.91. The summed E-state index contributed by atoms with van der Waals surface area (Å²) in [5, 5.41) is 0. The summed E-state index contributed by atoms with van der Waals surface area (Å²) in [5.41, 5.74) is 8.89. The van der Waals surface area contributed by atoms with Gasteiger partial charge in [-0.25, -0.2) is 0 Å². The quantitative estimate of drug-likeness (QED) is 0.776. The van der Waals surface area contributed by atoms with Gasteiger partial charge in [0.1, 0.15) is 5.78 Å². The molecule has 0 saturated carbocycles. The lowest BCUT2D eigenvalue weighted by molar-refractivity contribution is -0.120. The van der Waals surface area contributed by atoms with Gasteiger partial charge in [0.25, 0.3) is 0 Å². The van der Waals surface area contributed by atoms with E-state index < -0.39 is 0 Å². The number of fused-ring (bicyclic) bond motifs is 2. The molecular weight excluding hydrogens is 330 g/mol. The van der Waals surface area contributed by atoms with Crippen LogP contribution in [0.3, 0.4) is 0 Å². The van der Waals surface area contributed by atoms with Gasteiger partial charge in [0.15, 0.2) is 0 Å². The molecule has 2 aromatic rings. The lowest BCUT2D eigenvalue weighted by Gasteiger charge is -2.31. The monoisotopic (exact) mass is 359 g/mol. The van der Waals surface area contributed by atoms with Crippen LogP contribution in [0.5, 0.6) is 0 Å². The van der Waals surface area contributed by atoms with Crippen molar-refractivity contribution in [3.63, 3.8) is 0 Å². The molecule has 140 valence electrons. The SMILES string of the molecule is CC(=O)C(C)CN1CCC(=C2c3ccccc3CCc3ccccc32)CC1. The highest BCUT2D eigenvalue weighted by Gasteiger charge is 2.24. The highest BCUT2D eigenvalue weighted by atomic mass is 16.1. The van der Waals surface area contributed by atoms with Gasteiger partial charge in [-0.3, -0.25) is 4.79 Å². The van der Waals surface area contributed by atoms with E-state index in [1.54, 1.807) is 12.5 Å². The normalized spacial score (nSPS) is 18.4. The molecule has 1 unspecified atom stereocenters. The molecule has 4 rings (SSSR count). The molecule has 2 heteroatoms. The van der Waals surface area contributed by atoms with Crippen LogP contribution in [0.2, 0.25) is 0 Å². The Balaban J connectivity index is 1.68. The van der Waals surface area contributed by atoms with Crippen molar-refractivity contribution in [2.24, 2.45) is 5.92 Å². The first-order chi connectivity index (χ1) is 13.1. The van der Waals surface area contributed by atoms with Crippen LogP contribution in [0.25, 0.3) is 5.57 Å². The number of rotatable bonds is 3. The second kappa shape index (κ2) is 7.82. The van der Waals surface area contributed by atoms with Crippen molar-refractivity contribution in [2.75, 3.05) is 19.6 Å². The largest absolute Gasteiger partial charge is 0.302 e. The molecule has 1 aliphatic heterocycles. The zero-order valence-corrected chi connectivity index (χ0v) is 16.5. The van der Waals surface area contributed by atoms with E-state index in [1.165, 1.54) is 27.8 Å². The number of benzene rings is 2. The Labute approximate surface area is 162 Å². The Morgan fingerprint density at radius 3 is 1.93 bits per heavy atom. The summed E-state index contributed by atoms with van der Waals surface area (Å²) in [4.78, 5) is 14.1. The fraction of sp³-hybridized carbons (Fsp3) is 0.400. The van der Waals surface area contributed by atoms with Crippen molar-refractivity contribution in [1.29, 1.82) is 0 Å². The summed E-state index contributed by atoms with van der Waals surface area (Å²) in [6, 6.07) is 17.9. The zero-order chi connectivity index (χ0) is 18.8. The Morgan fingerprint density at radius 2 is 1.41 bits per heavy atom. The Kier molecular flexibility index (Phi) is 5.27. The average Bonchev–Trinajstić information content (AvgIpc) is 2.85. The lowest BCUT2D eigenvalue weighted by atomic mass is 9.86. The van der Waals surface area contributed by atoms with Gasteiger partial charge in [0, 0.05) is 25.6 Å². The number of ketones is 1. The first kappa shape index (κ1) is 18.2. The maximum atomic E-state index is 11.6. The summed E-state index contributed by atoms with van der Waals surface area (Å²) >= 11 is 0. The number of Topliss-reactive ketones (excluding diaryl/α,β-unsaturated/α-hetero) is 1. The van der Waals surface area contributed by atoms with Crippen molar-refractivity contribution in [3.8, 4) is 0 Å². The number of likely N-dealkylation sites (tertiary alicyclic amines) is 1. The smallest absolute Gasteiger partial charge is 0.133 e. The summed E-state index contributed by atoms with van der Waals surface area (Å²) in [6.45, 7) is 6.77. The fourth-order valence-corrected chi connectivity index (χ4v) is 4.53. The van der Waals surface area contributed by atoms with Crippen molar-refractivity contribution < 1.29 is 4.79 Å². The van der Waals surface area contributed by atoms with E-state index in [9.17, 15) is 4.79 Å². The van der Waals surface area contributed by atoms with Crippen LogP contribution in [0.4, 0.5) is 0 Å². The summed E-state index contributed by atoms with van der Waals surface area (Å²) in [6.07, 6.45) is 4.43. The second-order valence-electron chi connectivity index (χ2n) is 8.11. The molecule has 2 aromatic carbocycles. The first-order valence-electron chi connectivity index (χ1n) is 10.2. The van der Waals surface area contributed by atoms with Crippen LogP contribution in [-0.4, -0.2) is 30.3 Å². The van der Waals surface area contributed by atoms with Gasteiger partial charge in [-0.05, 0) is 60.4 Å². The molecular formula is C25H29NO. The number of hydrogen-bond donors (Lipinski definition) is 0. The minimum Gasteiger partial charge on any atom is -0.302 e. The van der Waals surface area contributed by atoms with Crippen molar-refractivity contribution in [1.82, 2.24) is 4.90 Å². The molecule has 0 aromatic heterocycles. The molecule has 1 heterocycles. The number of carbonyl (C=O) groups is 1. The highest BCUT2D eigenvalue weighted by molar-refractivity contribution is 5.86. The van der Waals surface area contributed by atoms with E-state index in [2.05, 4.69) is 53.4 Å². The van der Waals surface area contributed by atoms with Gasteiger partial charge in [-0.1, -0.05) is 61.0 Å². The standard InChI is InChI=1S/C25H29NO/c1-18(19(2)27)17-26-15-13-22(14-16-26)25-23-9-5-3-7-20(23)11-12-21-8-4-6-10-24(21)25/h3-10,18H,11-17H2,1-2H3. The van der Waals surface area contributed by atoms with Crippen LogP contribution >= 0.6 is 0 Å². The first-order valence-corrected chi connectivity index (χ1v) is 10.2. The maximum absolute atomic E-state index is 11.6. The third-order valence-electron chi connectivity index (χ3n) is 6.28. The maximum Gasteiger partial charge on any atom is 0.133 e. The predicted molar refractivity (Wildman–Crippen MR) is 112 cm³/mol. The van der Waals surface area contributed by atoms with E-state index in [1.807, 2.05) is 6.92 Å². The summed E-state index contributed by atoms with van der Waals surface area (Å²) in [5.74, 6) is 0.435. The minimum absolute atomic E-state index is 0.138. The molecule has 1 saturated heterocycles. The van der Waals surface area contributed by atoms with Gasteiger partial charge < -0.3 is 4.90 Å². The second-order valence-corrected chi connectivity index (χ2v) is 8.11. The van der Waals surface area contributed by atoms with Crippen molar-refractivity contribution >= 4 is 11.4 Å². The average molecular weight is 360 g/mol. The van der Waals surface area contributed by atoms with Gasteiger partial charge in [-0.2, -0.15) is 0 Å². The van der Waals surface area contributed by atoms with Gasteiger partial charge in [0.05, 0.1) is 0 Å². The number of piperidine rings is 1. The van der Waals surface area contributed by atoms with Gasteiger partial charge in [0.2, 0.25) is 0 Å². The minimum atomic E-state index is 0.138. The topological polar surface area (TPSA) is 20.3 Å². The van der Waals surface area contributed by atoms with Crippen LogP contribution in [0, 0.1) is 5.92 Å². The molecule has 0 N–H and O–H groups in total. The van der Waals surface area contributed by atoms with Crippen LogP contribution in [0.1, 0.15) is 48.9 Å².